The maximum atomic E-state index is 14.1. The van der Waals surface area contributed by atoms with Crippen LogP contribution in [0.3, 0.4) is 0 Å². The lowest BCUT2D eigenvalue weighted by molar-refractivity contribution is -0.850. The largest absolute Gasteiger partial charge is 0.394 e. The first-order valence-electron chi connectivity index (χ1n) is 32.6. The summed E-state index contributed by atoms with van der Waals surface area (Å²) in [7, 11) is 2.15. The van der Waals surface area contributed by atoms with Crippen LogP contribution in [0.15, 0.2) is 103 Å². The number of nitrogens with two attached hydrogens (primary N) is 1. The van der Waals surface area contributed by atoms with Gasteiger partial charge in [-0.25, -0.2) is 4.68 Å². The molecule has 0 saturated carbocycles. The molecule has 0 radical (unpaired) electrons. The Balaban J connectivity index is 0.831. The Labute approximate surface area is 542 Å². The number of aliphatic hydroxyl groups excluding tert-OH is 4. The van der Waals surface area contributed by atoms with Gasteiger partial charge in [0.25, 0.3) is 0 Å². The van der Waals surface area contributed by atoms with Crippen molar-refractivity contribution >= 4 is 34.8 Å². The van der Waals surface area contributed by atoms with Gasteiger partial charge in [0.1, 0.15) is 47.9 Å². The van der Waals surface area contributed by atoms with Gasteiger partial charge in [-0.15, -0.1) is 5.10 Å². The Hall–Kier alpha value is -6.07. The van der Waals surface area contributed by atoms with Crippen LogP contribution >= 0.6 is 0 Å². The molecule has 3 amide bonds. The van der Waals surface area contributed by atoms with Crippen LogP contribution in [-0.2, 0) is 76.1 Å². The van der Waals surface area contributed by atoms with Crippen LogP contribution in [-0.4, -0.2) is 209 Å². The summed E-state index contributed by atoms with van der Waals surface area (Å²) in [6.07, 6.45) is 6.79. The molecule has 3 aliphatic heterocycles. The molecule has 10 N–H and O–H groups in total. The molecule has 3 aliphatic rings. The lowest BCUT2D eigenvalue weighted by Gasteiger charge is -2.39. The normalized spacial score (nSPS) is 21.4. The first-order valence-corrected chi connectivity index (χ1v) is 32.6. The number of ether oxygens (including phenoxy) is 8. The van der Waals surface area contributed by atoms with E-state index in [9.17, 15) is 34.8 Å². The van der Waals surface area contributed by atoms with Crippen molar-refractivity contribution < 1.29 is 77.6 Å². The average molecular weight is 1290 g/mol. The van der Waals surface area contributed by atoms with Crippen LogP contribution < -0.4 is 31.5 Å². The number of hydrogen-bond donors (Lipinski definition) is 9. The van der Waals surface area contributed by atoms with Crippen LogP contribution in [0, 0.1) is 0 Å². The first kappa shape index (κ1) is 73.3. The minimum atomic E-state index is -1.54. The molecule has 1 saturated heterocycles. The number of quaternary nitrogens is 1. The predicted molar refractivity (Wildman–Crippen MR) is 347 cm³/mol. The molecular formula is C68H102N9O15+. The second-order valence-electron chi connectivity index (χ2n) is 24.5. The Morgan fingerprint density at radius 3 is 2.01 bits per heavy atom. The molecule has 8 atom stereocenters. The van der Waals surface area contributed by atoms with Crippen LogP contribution in [0.5, 0.6) is 0 Å². The number of likely N-dealkylation sites (N-methyl/N-ethyl adjacent to an activating group) is 1. The van der Waals surface area contributed by atoms with Crippen molar-refractivity contribution in [2.24, 2.45) is 5.73 Å². The van der Waals surface area contributed by atoms with E-state index in [-0.39, 0.29) is 60.8 Å². The average Bonchev–Trinajstić information content (AvgIpc) is 1.61. The van der Waals surface area contributed by atoms with Crippen LogP contribution in [0.2, 0.25) is 0 Å². The molecule has 24 heteroatoms. The molecule has 92 heavy (non-hydrogen) atoms. The van der Waals surface area contributed by atoms with Crippen LogP contribution in [0.4, 0.5) is 17.1 Å². The van der Waals surface area contributed by atoms with Gasteiger partial charge in [0.15, 0.2) is 6.29 Å². The summed E-state index contributed by atoms with van der Waals surface area (Å²) in [5.74, 6) is -0.577. The van der Waals surface area contributed by atoms with Gasteiger partial charge in [0.2, 0.25) is 17.7 Å². The topological polar surface area (TPSA) is 306 Å². The number of benzene rings is 3. The number of rotatable bonds is 43. The van der Waals surface area contributed by atoms with Crippen molar-refractivity contribution in [3.05, 3.63) is 125 Å². The van der Waals surface area contributed by atoms with Gasteiger partial charge in [0.05, 0.1) is 117 Å². The van der Waals surface area contributed by atoms with Crippen molar-refractivity contribution in [3.8, 4) is 0 Å². The predicted octanol–water partition coefficient (Wildman–Crippen LogP) is 3.47. The van der Waals surface area contributed by atoms with Crippen molar-refractivity contribution in [2.45, 2.75) is 146 Å². The Morgan fingerprint density at radius 1 is 0.717 bits per heavy atom. The minimum Gasteiger partial charge on any atom is -0.394 e. The van der Waals surface area contributed by atoms with Gasteiger partial charge >= 0.3 is 0 Å². The zero-order valence-corrected chi connectivity index (χ0v) is 54.5. The molecule has 0 bridgehead atoms. The number of fused-ring (bicyclic) bond motifs is 2. The summed E-state index contributed by atoms with van der Waals surface area (Å²) < 4.78 is 45.4. The number of carbonyl (C=O) groups is 3. The van der Waals surface area contributed by atoms with Crippen molar-refractivity contribution in [2.75, 3.05) is 129 Å². The third kappa shape index (κ3) is 21.7. The molecule has 7 rings (SSSR count). The van der Waals surface area contributed by atoms with Gasteiger partial charge in [0, 0.05) is 61.0 Å². The molecule has 508 valence electrons. The number of aliphatic hydroxyl groups is 4. The minimum absolute atomic E-state index is 0.0766. The highest BCUT2D eigenvalue weighted by Gasteiger charge is 2.48. The molecular weight excluding hydrogens is 1180 g/mol. The van der Waals surface area contributed by atoms with Crippen molar-refractivity contribution in [1.82, 2.24) is 25.6 Å². The van der Waals surface area contributed by atoms with Gasteiger partial charge in [-0.2, -0.15) is 0 Å². The lowest BCUT2D eigenvalue weighted by atomic mass is 9.80. The quantitative estimate of drug-likeness (QED) is 0.0287. The van der Waals surface area contributed by atoms with Crippen molar-refractivity contribution in [1.29, 1.82) is 0 Å². The van der Waals surface area contributed by atoms with Gasteiger partial charge in [-0.1, -0.05) is 73.7 Å². The molecule has 1 aromatic heterocycles. The number of anilines is 2. The van der Waals surface area contributed by atoms with E-state index in [1.165, 1.54) is 37.8 Å². The monoisotopic (exact) mass is 1280 g/mol. The Morgan fingerprint density at radius 2 is 1.35 bits per heavy atom. The molecule has 2 unspecified atom stereocenters. The highest BCUT2D eigenvalue weighted by molar-refractivity contribution is 5.93. The summed E-state index contributed by atoms with van der Waals surface area (Å²) >= 11 is 0. The van der Waals surface area contributed by atoms with E-state index in [0.717, 1.165) is 31.4 Å². The smallest absolute Gasteiger partial charge is 0.249 e. The van der Waals surface area contributed by atoms with E-state index in [2.05, 4.69) is 133 Å². The Bertz CT molecular complexity index is 2910. The fourth-order valence-corrected chi connectivity index (χ4v) is 12.0. The number of nitrogens with one attached hydrogen (secondary N) is 4. The summed E-state index contributed by atoms with van der Waals surface area (Å²) in [6, 6.07) is 24.0. The van der Waals surface area contributed by atoms with Gasteiger partial charge in [-0.3, -0.25) is 19.3 Å². The van der Waals surface area contributed by atoms with E-state index in [0.29, 0.717) is 129 Å². The molecule has 0 aliphatic carbocycles. The highest BCUT2D eigenvalue weighted by Crippen LogP contribution is 2.47. The van der Waals surface area contributed by atoms with Crippen LogP contribution in [0.25, 0.3) is 0 Å². The zero-order chi connectivity index (χ0) is 65.7. The third-order valence-electron chi connectivity index (χ3n) is 17.2. The fourth-order valence-electron chi connectivity index (χ4n) is 12.0. The number of carbonyl (C=O) groups excluding carboxylic acids is 3. The van der Waals surface area contributed by atoms with E-state index in [1.807, 2.05) is 12.1 Å². The van der Waals surface area contributed by atoms with E-state index in [4.69, 9.17) is 43.6 Å². The number of nitrogens with zero attached hydrogens (tertiary/aromatic N) is 4. The number of amides is 3. The number of para-hydroxylation sites is 2. The maximum Gasteiger partial charge on any atom is 0.249 e. The highest BCUT2D eigenvalue weighted by atomic mass is 16.7. The standard InChI is InChI=1S/C68H101N9O15/c1-67(2)52-16-8-10-18-54(52)75(5)58(67)21-15-22-59-68(3,4)53-17-9-11-19-55(53)76(59)32-14-6-7-23-60(79)71-46-51-47-77(74-73-51)56(65(84)72-50-26-24-49(25-27-50)28-34-91-66-64(83)63(82)62(81)57(48-78)92-66)20-12-13-31-70-61(80)29-33-85-36-38-87-40-42-89-44-45-90-43-41-88-39-37-86-35-30-69/h8-11,15-19,21-22,24-27,47,56-57,59,62-64,66,78,81-83H,6-7,12-14,20,23,28-46,48,69H2,1-5H3,(H,70,80)(H,71,79)(H,72,84)/p+1/b22-15+,58-21+/t56-,57+,59?,62+,63-,64+,66+/m0/s1. The fraction of sp³-hybridized carbons (Fsp3) is 0.603. The number of unbranched alkanes of at least 4 members (excludes halogenated alkanes) is 3. The molecule has 4 aromatic rings. The third-order valence-corrected chi connectivity index (χ3v) is 17.2. The zero-order valence-electron chi connectivity index (χ0n) is 54.5. The van der Waals surface area contributed by atoms with E-state index >= 15 is 0 Å². The summed E-state index contributed by atoms with van der Waals surface area (Å²) in [5, 5.41) is 57.7. The number of hydrogen-bond acceptors (Lipinski definition) is 19. The molecule has 4 heterocycles. The molecule has 24 nitrogen and oxygen atoms in total. The Kier molecular flexibility index (Phi) is 30.6. The summed E-state index contributed by atoms with van der Waals surface area (Å²) in [5.41, 5.74) is 13.6. The van der Waals surface area contributed by atoms with Crippen molar-refractivity contribution in [3.63, 3.8) is 0 Å². The van der Waals surface area contributed by atoms with Crippen LogP contribution in [0.1, 0.15) is 107 Å². The van der Waals surface area contributed by atoms with E-state index in [1.54, 1.807) is 18.3 Å². The number of aromatic nitrogens is 3. The SMILES string of the molecule is CN1/C(=C/C=C/C2[NH+](CCCCCC(=O)NCc3cn([C@@H](CCCCNC(=O)CCOCCOCCOCCOCCOCCOCCN)C(=O)Nc4ccc(CCO[C@@H]5O[C@H](CO)[C@@H](O)[C@H](O)[C@H]5O)cc4)nn3)c3ccccc3C2(C)C)C(C)(C)c2ccccc21. The first-order chi connectivity index (χ1) is 44.5. The lowest BCUT2D eigenvalue weighted by Crippen LogP contribution is -3.10. The second kappa shape index (κ2) is 38.3. The van der Waals surface area contributed by atoms with Gasteiger partial charge < -0.3 is 84.9 Å². The molecule has 3 aromatic carbocycles. The maximum absolute atomic E-state index is 14.1. The molecule has 1 fully saturated rings. The summed E-state index contributed by atoms with van der Waals surface area (Å²) in [6.45, 7) is 15.9. The molecule has 0 spiro atoms. The summed E-state index contributed by atoms with van der Waals surface area (Å²) in [4.78, 5) is 43.8. The van der Waals surface area contributed by atoms with E-state index < -0.39 is 43.4 Å². The van der Waals surface area contributed by atoms with Gasteiger partial charge in [-0.05, 0) is 106 Å². The number of allylic oxidation sites excluding steroid dienone is 3. The second-order valence-corrected chi connectivity index (χ2v) is 24.5.